The third-order valence-corrected chi connectivity index (χ3v) is 5.64. The maximum absolute atomic E-state index is 10.5. The number of aryl methyl sites for hydroxylation is 1. The van der Waals surface area contributed by atoms with Crippen LogP contribution in [0.5, 0.6) is 5.75 Å². The first-order chi connectivity index (χ1) is 12.3. The molecule has 4 rings (SSSR count). The summed E-state index contributed by atoms with van der Waals surface area (Å²) in [7, 11) is -4.02. The van der Waals surface area contributed by atoms with Crippen LogP contribution < -0.4 is 10.1 Å². The maximum Gasteiger partial charge on any atom is 0.294 e. The molecule has 26 heavy (non-hydrogen) atoms. The van der Waals surface area contributed by atoms with E-state index < -0.39 is 10.1 Å². The molecule has 0 amide bonds. The largest absolute Gasteiger partial charge is 0.486 e. The van der Waals surface area contributed by atoms with Gasteiger partial charge in [-0.1, -0.05) is 41.4 Å². The second-order valence-corrected chi connectivity index (χ2v) is 8.42. The molecule has 2 aliphatic rings. The second-order valence-electron chi connectivity index (χ2n) is 6.62. The lowest BCUT2D eigenvalue weighted by Gasteiger charge is -2.28. The highest BCUT2D eigenvalue weighted by Crippen LogP contribution is 2.45. The molecule has 0 unspecified atom stereocenters. The Morgan fingerprint density at radius 3 is 2.27 bits per heavy atom. The van der Waals surface area contributed by atoms with Gasteiger partial charge in [-0.25, -0.2) is 0 Å². The van der Waals surface area contributed by atoms with Crippen LogP contribution in [-0.2, 0) is 10.1 Å². The van der Waals surface area contributed by atoms with E-state index in [1.165, 1.54) is 30.5 Å². The van der Waals surface area contributed by atoms with Crippen LogP contribution in [0.4, 0.5) is 0 Å². The lowest BCUT2D eigenvalue weighted by Crippen LogP contribution is -2.50. The number of hydrogen-bond donors (Lipinski definition) is 2. The van der Waals surface area contributed by atoms with Crippen molar-refractivity contribution in [1.29, 1.82) is 0 Å². The molecule has 5 nitrogen and oxygen atoms in total. The summed E-state index contributed by atoms with van der Waals surface area (Å²) in [5, 5.41) is 4.01. The molecule has 1 saturated carbocycles. The topological polar surface area (TPSA) is 75.6 Å². The minimum atomic E-state index is -4.02. The summed E-state index contributed by atoms with van der Waals surface area (Å²) in [6.07, 6.45) is 2.85. The van der Waals surface area contributed by atoms with Crippen molar-refractivity contribution in [2.24, 2.45) is 0 Å². The van der Waals surface area contributed by atoms with Crippen LogP contribution in [0, 0.1) is 6.92 Å². The van der Waals surface area contributed by atoms with Crippen LogP contribution in [-0.4, -0.2) is 32.2 Å². The van der Waals surface area contributed by atoms with Crippen molar-refractivity contribution in [3.05, 3.63) is 58.6 Å². The van der Waals surface area contributed by atoms with Gasteiger partial charge in [-0.05, 0) is 49.4 Å². The summed E-state index contributed by atoms with van der Waals surface area (Å²) in [5.41, 5.74) is 2.22. The second kappa shape index (κ2) is 7.96. The third-order valence-electron chi connectivity index (χ3n) is 4.37. The zero-order valence-electron chi connectivity index (χ0n) is 14.5. The summed E-state index contributed by atoms with van der Waals surface area (Å²) < 4.78 is 35.4. The van der Waals surface area contributed by atoms with Crippen LogP contribution >= 0.6 is 11.6 Å². The predicted molar refractivity (Wildman–Crippen MR) is 102 cm³/mol. The Kier molecular flexibility index (Phi) is 5.87. The average Bonchev–Trinajstić information content (AvgIpc) is 3.37. The molecule has 7 heteroatoms. The van der Waals surface area contributed by atoms with E-state index in [-0.39, 0.29) is 4.90 Å². The van der Waals surface area contributed by atoms with Crippen LogP contribution in [0.1, 0.15) is 29.9 Å². The fraction of sp³-hybridized carbons (Fsp3) is 0.368. The highest BCUT2D eigenvalue weighted by Gasteiger charge is 2.28. The molecule has 140 valence electrons. The molecule has 1 aliphatic heterocycles. The van der Waals surface area contributed by atoms with Crippen LogP contribution in [0.15, 0.2) is 47.4 Å². The Morgan fingerprint density at radius 2 is 1.77 bits per heavy atom. The molecule has 2 N–H and O–H groups in total. The molecule has 2 aromatic rings. The van der Waals surface area contributed by atoms with E-state index in [4.69, 9.17) is 20.9 Å². The quantitative estimate of drug-likeness (QED) is 0.770. The van der Waals surface area contributed by atoms with E-state index >= 15 is 0 Å². The molecule has 2 fully saturated rings. The summed E-state index contributed by atoms with van der Waals surface area (Å²) in [6.45, 7) is 3.71. The number of ether oxygens (including phenoxy) is 1. The third kappa shape index (κ3) is 4.98. The van der Waals surface area contributed by atoms with E-state index in [1.54, 1.807) is 12.1 Å². The fourth-order valence-electron chi connectivity index (χ4n) is 2.56. The number of nitrogens with one attached hydrogen (secondary N) is 1. The smallest absolute Gasteiger partial charge is 0.294 e. The van der Waals surface area contributed by atoms with Gasteiger partial charge in [0.2, 0.25) is 0 Å². The Morgan fingerprint density at radius 1 is 1.12 bits per heavy atom. The Balaban J connectivity index is 0.000000160. The monoisotopic (exact) mass is 395 g/mol. The average molecular weight is 396 g/mol. The predicted octanol–water partition coefficient (Wildman–Crippen LogP) is 3.81. The van der Waals surface area contributed by atoms with E-state index in [0.29, 0.717) is 12.0 Å². The first-order valence-electron chi connectivity index (χ1n) is 8.54. The van der Waals surface area contributed by atoms with Gasteiger partial charge in [-0.15, -0.1) is 0 Å². The van der Waals surface area contributed by atoms with Crippen molar-refractivity contribution in [3.8, 4) is 5.75 Å². The summed E-state index contributed by atoms with van der Waals surface area (Å²) >= 11 is 6.32. The Labute approximate surface area is 159 Å². The van der Waals surface area contributed by atoms with Gasteiger partial charge in [0, 0.05) is 13.1 Å². The first kappa shape index (κ1) is 19.2. The lowest BCUT2D eigenvalue weighted by atomic mass is 10.1. The molecule has 1 heterocycles. The molecule has 1 saturated heterocycles. The summed E-state index contributed by atoms with van der Waals surface area (Å²) in [5.74, 6) is 1.54. The van der Waals surface area contributed by atoms with E-state index in [0.717, 1.165) is 29.4 Å². The van der Waals surface area contributed by atoms with Gasteiger partial charge >= 0.3 is 0 Å². The zero-order valence-corrected chi connectivity index (χ0v) is 16.1. The molecule has 0 aromatic heterocycles. The van der Waals surface area contributed by atoms with Gasteiger partial charge in [0.25, 0.3) is 10.1 Å². The fourth-order valence-corrected chi connectivity index (χ4v) is 3.37. The van der Waals surface area contributed by atoms with Crippen molar-refractivity contribution in [1.82, 2.24) is 5.32 Å². The highest BCUT2D eigenvalue weighted by molar-refractivity contribution is 7.85. The molecule has 0 bridgehead atoms. The molecule has 0 spiro atoms. The van der Waals surface area contributed by atoms with E-state index in [2.05, 4.69) is 11.4 Å². The highest BCUT2D eigenvalue weighted by atomic mass is 35.5. The summed E-state index contributed by atoms with van der Waals surface area (Å²) in [6, 6.07) is 12.1. The number of halogens is 1. The molecular formula is C19H22ClNO4S. The van der Waals surface area contributed by atoms with Gasteiger partial charge in [-0.3, -0.25) is 4.55 Å². The minimum Gasteiger partial charge on any atom is -0.486 e. The van der Waals surface area contributed by atoms with Crippen molar-refractivity contribution in [3.63, 3.8) is 0 Å². The number of benzene rings is 2. The standard InChI is InChI=1S/C12H14ClNO.C7H8O3S/c13-12-10(8-4-5-8)2-1-3-11(12)15-9-6-14-7-9;1-6-2-4-7(5-3-6)11(8,9)10/h1-3,8-9,14H,4-7H2;2-5H,1H3,(H,8,9,10). The molecular weight excluding hydrogens is 374 g/mol. The van der Waals surface area contributed by atoms with Crippen LogP contribution in [0.25, 0.3) is 0 Å². The van der Waals surface area contributed by atoms with Crippen molar-refractivity contribution < 1.29 is 17.7 Å². The van der Waals surface area contributed by atoms with E-state index in [9.17, 15) is 8.42 Å². The number of hydrogen-bond acceptors (Lipinski definition) is 4. The van der Waals surface area contributed by atoms with Gasteiger partial charge in [-0.2, -0.15) is 8.42 Å². The maximum atomic E-state index is 10.5. The van der Waals surface area contributed by atoms with E-state index in [1.807, 2.05) is 19.1 Å². The molecule has 0 radical (unpaired) electrons. The van der Waals surface area contributed by atoms with Crippen molar-refractivity contribution >= 4 is 21.7 Å². The minimum absolute atomic E-state index is 0.0666. The zero-order chi connectivity index (χ0) is 18.7. The van der Waals surface area contributed by atoms with Gasteiger partial charge < -0.3 is 10.1 Å². The van der Waals surface area contributed by atoms with Crippen LogP contribution in [0.2, 0.25) is 5.02 Å². The number of rotatable bonds is 4. The van der Waals surface area contributed by atoms with Gasteiger partial charge in [0.15, 0.2) is 0 Å². The van der Waals surface area contributed by atoms with Gasteiger partial charge in [0.1, 0.15) is 11.9 Å². The summed E-state index contributed by atoms with van der Waals surface area (Å²) in [4.78, 5) is -0.0666. The lowest BCUT2D eigenvalue weighted by molar-refractivity contribution is 0.142. The Bertz CT molecular complexity index is 860. The van der Waals surface area contributed by atoms with Crippen LogP contribution in [0.3, 0.4) is 0 Å². The van der Waals surface area contributed by atoms with Crippen molar-refractivity contribution in [2.75, 3.05) is 13.1 Å². The van der Waals surface area contributed by atoms with Crippen molar-refractivity contribution in [2.45, 2.75) is 36.7 Å². The Hall–Kier alpha value is -1.60. The normalized spacial score (nSPS) is 17.0. The first-order valence-corrected chi connectivity index (χ1v) is 10.4. The van der Waals surface area contributed by atoms with Gasteiger partial charge in [0.05, 0.1) is 9.92 Å². The molecule has 1 aliphatic carbocycles. The molecule has 0 atom stereocenters. The SMILES string of the molecule is Cc1ccc(S(=O)(=O)O)cc1.Clc1c(OC2CNC2)cccc1C1CC1. The molecule has 2 aromatic carbocycles.